The van der Waals surface area contributed by atoms with Gasteiger partial charge in [0.1, 0.15) is 0 Å². The molecule has 0 N–H and O–H groups in total. The lowest BCUT2D eigenvalue weighted by Crippen LogP contribution is -2.26. The molecule has 118 valence electrons. The predicted octanol–water partition coefficient (Wildman–Crippen LogP) is 3.55. The van der Waals surface area contributed by atoms with E-state index in [1.807, 2.05) is 6.07 Å². The summed E-state index contributed by atoms with van der Waals surface area (Å²) in [5.41, 5.74) is 2.19. The van der Waals surface area contributed by atoms with Crippen LogP contribution in [0.15, 0.2) is 18.2 Å². The minimum atomic E-state index is 0.0440. The topological polar surface area (TPSA) is 53.3 Å². The molecule has 0 bridgehead atoms. The first-order valence-corrected chi connectivity index (χ1v) is 8.07. The van der Waals surface area contributed by atoms with E-state index in [-0.39, 0.29) is 5.78 Å². The average Bonchev–Trinajstić information content (AvgIpc) is 2.77. The number of carbonyl (C=O) groups excluding carboxylic acids is 1. The second kappa shape index (κ2) is 7.95. The predicted molar refractivity (Wildman–Crippen MR) is 87.3 cm³/mol. The SMILES string of the molecule is CCCOC1CCCN(c2cc(C#N)ccc2C(C)=O)CC1. The van der Waals surface area contributed by atoms with Crippen molar-refractivity contribution < 1.29 is 9.53 Å². The van der Waals surface area contributed by atoms with E-state index >= 15 is 0 Å². The standard InChI is InChI=1S/C18H24N2O2/c1-3-11-22-16-5-4-9-20(10-8-16)18-12-15(13-19)6-7-17(18)14(2)21/h6-7,12,16H,3-5,8-11H2,1-2H3. The first-order chi connectivity index (χ1) is 10.7. The largest absolute Gasteiger partial charge is 0.378 e. The average molecular weight is 300 g/mol. The van der Waals surface area contributed by atoms with Crippen LogP contribution in [0.25, 0.3) is 0 Å². The van der Waals surface area contributed by atoms with E-state index in [2.05, 4.69) is 17.9 Å². The Labute approximate surface area is 132 Å². The summed E-state index contributed by atoms with van der Waals surface area (Å²) in [5.74, 6) is 0.0440. The molecule has 0 aromatic heterocycles. The molecule has 1 heterocycles. The summed E-state index contributed by atoms with van der Waals surface area (Å²) in [6.45, 7) is 6.28. The van der Waals surface area contributed by atoms with Crippen LogP contribution in [0.2, 0.25) is 0 Å². The number of hydrogen-bond donors (Lipinski definition) is 0. The van der Waals surface area contributed by atoms with Gasteiger partial charge in [-0.2, -0.15) is 5.26 Å². The molecular formula is C18H24N2O2. The number of ketones is 1. The maximum absolute atomic E-state index is 11.9. The molecule has 0 radical (unpaired) electrons. The van der Waals surface area contributed by atoms with Gasteiger partial charge in [0.2, 0.25) is 0 Å². The fourth-order valence-electron chi connectivity index (χ4n) is 2.92. The van der Waals surface area contributed by atoms with Gasteiger partial charge < -0.3 is 9.64 Å². The van der Waals surface area contributed by atoms with Gasteiger partial charge >= 0.3 is 0 Å². The van der Waals surface area contributed by atoms with Crippen molar-refractivity contribution in [3.8, 4) is 6.07 Å². The molecule has 1 saturated heterocycles. The quantitative estimate of drug-likeness (QED) is 0.780. The Morgan fingerprint density at radius 3 is 2.91 bits per heavy atom. The van der Waals surface area contributed by atoms with Crippen LogP contribution in [-0.2, 0) is 4.74 Å². The summed E-state index contributed by atoms with van der Waals surface area (Å²) in [4.78, 5) is 14.1. The third-order valence-electron chi connectivity index (χ3n) is 4.08. The second-order valence-corrected chi connectivity index (χ2v) is 5.81. The Morgan fingerprint density at radius 2 is 2.23 bits per heavy atom. The van der Waals surface area contributed by atoms with Crippen LogP contribution in [0.3, 0.4) is 0 Å². The number of carbonyl (C=O) groups is 1. The summed E-state index contributed by atoms with van der Waals surface area (Å²) < 4.78 is 5.87. The molecule has 0 saturated carbocycles. The Morgan fingerprint density at radius 1 is 1.41 bits per heavy atom. The second-order valence-electron chi connectivity index (χ2n) is 5.81. The molecule has 0 amide bonds. The Balaban J connectivity index is 2.17. The van der Waals surface area contributed by atoms with Gasteiger partial charge in [-0.3, -0.25) is 4.79 Å². The zero-order valence-electron chi connectivity index (χ0n) is 13.5. The minimum absolute atomic E-state index is 0.0440. The number of rotatable bonds is 5. The summed E-state index contributed by atoms with van der Waals surface area (Å²) >= 11 is 0. The molecule has 1 aliphatic heterocycles. The summed E-state index contributed by atoms with van der Waals surface area (Å²) in [6, 6.07) is 7.48. The molecule has 1 aliphatic rings. The highest BCUT2D eigenvalue weighted by atomic mass is 16.5. The van der Waals surface area contributed by atoms with E-state index in [9.17, 15) is 4.79 Å². The highest BCUT2D eigenvalue weighted by Crippen LogP contribution is 2.26. The first-order valence-electron chi connectivity index (χ1n) is 8.07. The molecule has 1 aromatic rings. The number of ether oxygens (including phenoxy) is 1. The van der Waals surface area contributed by atoms with E-state index in [1.54, 1.807) is 19.1 Å². The van der Waals surface area contributed by atoms with Gasteiger partial charge in [0, 0.05) is 30.9 Å². The third kappa shape index (κ3) is 4.08. The van der Waals surface area contributed by atoms with Crippen molar-refractivity contribution in [2.24, 2.45) is 0 Å². The smallest absolute Gasteiger partial charge is 0.161 e. The van der Waals surface area contributed by atoms with Crippen molar-refractivity contribution in [3.05, 3.63) is 29.3 Å². The van der Waals surface area contributed by atoms with Gasteiger partial charge in [0.25, 0.3) is 0 Å². The Hall–Kier alpha value is -1.86. The zero-order chi connectivity index (χ0) is 15.9. The number of hydrogen-bond acceptors (Lipinski definition) is 4. The normalized spacial score (nSPS) is 18.6. The van der Waals surface area contributed by atoms with Crippen molar-refractivity contribution in [2.75, 3.05) is 24.6 Å². The highest BCUT2D eigenvalue weighted by molar-refractivity contribution is 6.00. The van der Waals surface area contributed by atoms with Gasteiger partial charge in [0.15, 0.2) is 5.78 Å². The van der Waals surface area contributed by atoms with Crippen molar-refractivity contribution in [3.63, 3.8) is 0 Å². The molecule has 4 nitrogen and oxygen atoms in total. The molecule has 1 unspecified atom stereocenters. The molecule has 1 atom stereocenters. The van der Waals surface area contributed by atoms with Crippen LogP contribution in [0.5, 0.6) is 0 Å². The van der Waals surface area contributed by atoms with Crippen LogP contribution in [0.4, 0.5) is 5.69 Å². The number of nitrogens with zero attached hydrogens (tertiary/aromatic N) is 2. The van der Waals surface area contributed by atoms with Crippen LogP contribution < -0.4 is 4.90 Å². The molecule has 4 heteroatoms. The fraction of sp³-hybridized carbons (Fsp3) is 0.556. The van der Waals surface area contributed by atoms with Gasteiger partial charge in [-0.1, -0.05) is 6.92 Å². The van der Waals surface area contributed by atoms with E-state index in [4.69, 9.17) is 10.00 Å². The zero-order valence-corrected chi connectivity index (χ0v) is 13.5. The van der Waals surface area contributed by atoms with Crippen LogP contribution in [-0.4, -0.2) is 31.6 Å². The lowest BCUT2D eigenvalue weighted by Gasteiger charge is -2.25. The fourth-order valence-corrected chi connectivity index (χ4v) is 2.92. The minimum Gasteiger partial charge on any atom is -0.378 e. The molecule has 2 rings (SSSR count). The Kier molecular flexibility index (Phi) is 5.97. The van der Waals surface area contributed by atoms with Crippen molar-refractivity contribution in [1.29, 1.82) is 5.26 Å². The maximum Gasteiger partial charge on any atom is 0.161 e. The molecule has 22 heavy (non-hydrogen) atoms. The van der Waals surface area contributed by atoms with Crippen LogP contribution >= 0.6 is 0 Å². The molecule has 1 fully saturated rings. The lowest BCUT2D eigenvalue weighted by molar-refractivity contribution is 0.0461. The van der Waals surface area contributed by atoms with Crippen molar-refractivity contribution >= 4 is 11.5 Å². The molecule has 0 spiro atoms. The molecular weight excluding hydrogens is 276 g/mol. The number of benzene rings is 1. The molecule has 1 aromatic carbocycles. The first kappa shape index (κ1) is 16.5. The number of anilines is 1. The van der Waals surface area contributed by atoms with E-state index in [0.717, 1.165) is 51.1 Å². The number of nitriles is 1. The van der Waals surface area contributed by atoms with Gasteiger partial charge in [-0.15, -0.1) is 0 Å². The van der Waals surface area contributed by atoms with Gasteiger partial charge in [-0.05, 0) is 50.8 Å². The van der Waals surface area contributed by atoms with E-state index in [0.29, 0.717) is 17.2 Å². The van der Waals surface area contributed by atoms with Crippen LogP contribution in [0, 0.1) is 11.3 Å². The molecule has 0 aliphatic carbocycles. The van der Waals surface area contributed by atoms with E-state index in [1.165, 1.54) is 0 Å². The van der Waals surface area contributed by atoms with E-state index < -0.39 is 0 Å². The van der Waals surface area contributed by atoms with Crippen molar-refractivity contribution in [1.82, 2.24) is 0 Å². The van der Waals surface area contributed by atoms with Gasteiger partial charge in [0.05, 0.1) is 17.7 Å². The van der Waals surface area contributed by atoms with Crippen molar-refractivity contribution in [2.45, 2.75) is 45.6 Å². The number of Topliss-reactive ketones (excluding diaryl/α,β-unsaturated/α-hetero) is 1. The highest BCUT2D eigenvalue weighted by Gasteiger charge is 2.20. The lowest BCUT2D eigenvalue weighted by atomic mass is 10.1. The Bertz CT molecular complexity index is 563. The van der Waals surface area contributed by atoms with Gasteiger partial charge in [-0.25, -0.2) is 0 Å². The monoisotopic (exact) mass is 300 g/mol. The van der Waals surface area contributed by atoms with Crippen LogP contribution in [0.1, 0.15) is 55.5 Å². The summed E-state index contributed by atoms with van der Waals surface area (Å²) in [6.07, 6.45) is 4.42. The summed E-state index contributed by atoms with van der Waals surface area (Å²) in [5, 5.41) is 9.11. The summed E-state index contributed by atoms with van der Waals surface area (Å²) in [7, 11) is 0. The maximum atomic E-state index is 11.9. The third-order valence-corrected chi connectivity index (χ3v) is 4.08.